The van der Waals surface area contributed by atoms with Crippen LogP contribution >= 0.6 is 12.2 Å². The summed E-state index contributed by atoms with van der Waals surface area (Å²) in [7, 11) is 0. The summed E-state index contributed by atoms with van der Waals surface area (Å²) in [6.07, 6.45) is 4.42. The number of carbonyl (C=O) groups is 1. The maximum absolute atomic E-state index is 12.6. The van der Waals surface area contributed by atoms with E-state index in [1.165, 1.54) is 12.8 Å². The van der Waals surface area contributed by atoms with Crippen LogP contribution in [0.2, 0.25) is 0 Å². The van der Waals surface area contributed by atoms with Gasteiger partial charge >= 0.3 is 0 Å². The molecule has 0 radical (unpaired) electrons. The van der Waals surface area contributed by atoms with Crippen LogP contribution in [-0.4, -0.2) is 17.6 Å². The summed E-state index contributed by atoms with van der Waals surface area (Å²) in [6.45, 7) is 2.74. The van der Waals surface area contributed by atoms with Gasteiger partial charge in [0.25, 0.3) is 5.91 Å². The van der Waals surface area contributed by atoms with Crippen molar-refractivity contribution in [3.8, 4) is 11.8 Å². The van der Waals surface area contributed by atoms with Crippen molar-refractivity contribution in [2.45, 2.75) is 32.6 Å². The van der Waals surface area contributed by atoms with Gasteiger partial charge in [-0.1, -0.05) is 44.4 Å². The van der Waals surface area contributed by atoms with E-state index >= 15 is 0 Å². The number of ether oxygens (including phenoxy) is 1. The van der Waals surface area contributed by atoms with Crippen molar-refractivity contribution in [3.63, 3.8) is 0 Å². The van der Waals surface area contributed by atoms with Crippen LogP contribution in [0.15, 0.2) is 48.5 Å². The van der Waals surface area contributed by atoms with Crippen molar-refractivity contribution in [1.82, 2.24) is 5.32 Å². The van der Waals surface area contributed by atoms with Gasteiger partial charge in [0.2, 0.25) is 0 Å². The molecule has 0 atom stereocenters. The molecule has 1 amide bonds. The number of hydrogen-bond donors (Lipinski definition) is 2. The molecule has 0 aliphatic carbocycles. The third-order valence-electron chi connectivity index (χ3n) is 3.86. The average molecular weight is 382 g/mol. The molecule has 2 aromatic rings. The van der Waals surface area contributed by atoms with Gasteiger partial charge < -0.3 is 10.1 Å². The second kappa shape index (κ2) is 10.9. The first-order valence-electron chi connectivity index (χ1n) is 8.98. The van der Waals surface area contributed by atoms with Crippen LogP contribution in [0.5, 0.6) is 5.75 Å². The second-order valence-electron chi connectivity index (χ2n) is 6.01. The lowest BCUT2D eigenvalue weighted by Gasteiger charge is -2.13. The molecule has 0 heterocycles. The highest BCUT2D eigenvalue weighted by Gasteiger charge is 2.13. The van der Waals surface area contributed by atoms with Crippen molar-refractivity contribution in [3.05, 3.63) is 59.7 Å². The van der Waals surface area contributed by atoms with Crippen LogP contribution < -0.4 is 15.4 Å². The molecule has 0 saturated heterocycles. The third-order valence-corrected chi connectivity index (χ3v) is 4.07. The molecule has 140 valence electrons. The third kappa shape index (κ3) is 6.72. The Labute approximate surface area is 165 Å². The topological polar surface area (TPSA) is 74.2 Å². The molecule has 0 unspecified atom stereocenters. The first kappa shape index (κ1) is 20.4. The molecule has 0 spiro atoms. The summed E-state index contributed by atoms with van der Waals surface area (Å²) in [6, 6.07) is 16.0. The number of anilines is 1. The zero-order chi connectivity index (χ0) is 19.5. The Kier molecular flexibility index (Phi) is 8.27. The number of unbranched alkanes of at least 4 members (excludes halogenated alkanes) is 3. The molecule has 0 fully saturated rings. The lowest BCUT2D eigenvalue weighted by molar-refractivity contribution is 0.0973. The number of para-hydroxylation sites is 1. The van der Waals surface area contributed by atoms with Gasteiger partial charge in [0.15, 0.2) is 5.11 Å². The number of nitrogens with one attached hydrogen (secondary N) is 2. The van der Waals surface area contributed by atoms with Gasteiger partial charge in [0.1, 0.15) is 5.75 Å². The quantitative estimate of drug-likeness (QED) is 0.514. The van der Waals surface area contributed by atoms with Crippen molar-refractivity contribution in [2.75, 3.05) is 11.9 Å². The summed E-state index contributed by atoms with van der Waals surface area (Å²) in [5, 5.41) is 14.7. The summed E-state index contributed by atoms with van der Waals surface area (Å²) >= 11 is 5.20. The highest BCUT2D eigenvalue weighted by molar-refractivity contribution is 7.80. The lowest BCUT2D eigenvalue weighted by Crippen LogP contribution is -2.34. The molecule has 2 N–H and O–H groups in total. The number of rotatable bonds is 8. The van der Waals surface area contributed by atoms with E-state index in [2.05, 4.69) is 23.6 Å². The van der Waals surface area contributed by atoms with Gasteiger partial charge in [0, 0.05) is 5.69 Å². The van der Waals surface area contributed by atoms with Crippen LogP contribution in [0.4, 0.5) is 5.69 Å². The Morgan fingerprint density at radius 2 is 1.96 bits per heavy atom. The van der Waals surface area contributed by atoms with E-state index in [-0.39, 0.29) is 11.0 Å². The maximum atomic E-state index is 12.6. The summed E-state index contributed by atoms with van der Waals surface area (Å²) in [5.41, 5.74) is 1.58. The highest BCUT2D eigenvalue weighted by Crippen LogP contribution is 2.18. The molecule has 0 aromatic heterocycles. The minimum atomic E-state index is -0.340. The molecular weight excluding hydrogens is 358 g/mol. The maximum Gasteiger partial charge on any atom is 0.261 e. The molecule has 2 aromatic carbocycles. The molecule has 6 heteroatoms. The lowest BCUT2D eigenvalue weighted by atomic mass is 10.2. The van der Waals surface area contributed by atoms with Crippen LogP contribution in [-0.2, 0) is 0 Å². The van der Waals surface area contributed by atoms with E-state index < -0.39 is 0 Å². The molecule has 5 nitrogen and oxygen atoms in total. The summed E-state index contributed by atoms with van der Waals surface area (Å²) < 4.78 is 5.77. The molecule has 27 heavy (non-hydrogen) atoms. The fraction of sp³-hybridized carbons (Fsp3) is 0.286. The number of thiocarbonyl (C=S) groups is 1. The van der Waals surface area contributed by atoms with E-state index in [9.17, 15) is 4.79 Å². The molecule has 0 aliphatic rings. The van der Waals surface area contributed by atoms with Crippen LogP contribution in [0.3, 0.4) is 0 Å². The first-order chi connectivity index (χ1) is 13.1. The van der Waals surface area contributed by atoms with E-state index in [1.54, 1.807) is 42.5 Å². The normalized spacial score (nSPS) is 9.93. The van der Waals surface area contributed by atoms with E-state index in [1.807, 2.05) is 6.07 Å². The zero-order valence-corrected chi connectivity index (χ0v) is 16.1. The number of benzene rings is 2. The van der Waals surface area contributed by atoms with Gasteiger partial charge in [-0.3, -0.25) is 10.1 Å². The van der Waals surface area contributed by atoms with Gasteiger partial charge in [-0.05, 0) is 49.0 Å². The van der Waals surface area contributed by atoms with Crippen molar-refractivity contribution < 1.29 is 9.53 Å². The Morgan fingerprint density at radius 1 is 1.15 bits per heavy atom. The smallest absolute Gasteiger partial charge is 0.261 e. The fourth-order valence-electron chi connectivity index (χ4n) is 2.49. The Balaban J connectivity index is 1.94. The molecular formula is C21H23N3O2S. The van der Waals surface area contributed by atoms with Gasteiger partial charge in [0.05, 0.1) is 23.8 Å². The average Bonchev–Trinajstić information content (AvgIpc) is 2.68. The number of carbonyl (C=O) groups excluding carboxylic acids is 1. The number of nitriles is 1. The minimum Gasteiger partial charge on any atom is -0.493 e. The molecule has 0 aliphatic heterocycles. The number of amides is 1. The zero-order valence-electron chi connectivity index (χ0n) is 15.3. The number of nitrogens with zero attached hydrogens (tertiary/aromatic N) is 1. The summed E-state index contributed by atoms with van der Waals surface area (Å²) in [5.74, 6) is 0.203. The van der Waals surface area contributed by atoms with Crippen LogP contribution in [0.25, 0.3) is 0 Å². The van der Waals surface area contributed by atoms with Crippen LogP contribution in [0.1, 0.15) is 48.5 Å². The monoisotopic (exact) mass is 381 g/mol. The summed E-state index contributed by atoms with van der Waals surface area (Å²) in [4.78, 5) is 12.6. The van der Waals surface area contributed by atoms with Crippen LogP contribution in [0, 0.1) is 11.3 Å². The van der Waals surface area contributed by atoms with Crippen molar-refractivity contribution in [1.29, 1.82) is 5.26 Å². The predicted octanol–water partition coefficient (Wildman–Crippen LogP) is 4.64. The second-order valence-corrected chi connectivity index (χ2v) is 6.41. The largest absolute Gasteiger partial charge is 0.493 e. The van der Waals surface area contributed by atoms with E-state index in [4.69, 9.17) is 22.2 Å². The molecule has 0 saturated carbocycles. The first-order valence-corrected chi connectivity index (χ1v) is 9.39. The van der Waals surface area contributed by atoms with Crippen molar-refractivity contribution >= 4 is 28.9 Å². The van der Waals surface area contributed by atoms with E-state index in [0.717, 1.165) is 12.8 Å². The Morgan fingerprint density at radius 3 is 2.74 bits per heavy atom. The predicted molar refractivity (Wildman–Crippen MR) is 111 cm³/mol. The fourth-order valence-corrected chi connectivity index (χ4v) is 2.70. The SMILES string of the molecule is CCCCCCOc1ccccc1C(=O)NC(=S)Nc1cccc(C#N)c1. The van der Waals surface area contributed by atoms with Crippen molar-refractivity contribution in [2.24, 2.45) is 0 Å². The standard InChI is InChI=1S/C21H23N3O2S/c1-2-3-4-7-13-26-19-12-6-5-11-18(19)20(25)24-21(27)23-17-10-8-9-16(14-17)15-22/h5-6,8-12,14H,2-4,7,13H2,1H3,(H2,23,24,25,27). The van der Waals surface area contributed by atoms with Gasteiger partial charge in [-0.2, -0.15) is 5.26 Å². The number of hydrogen-bond acceptors (Lipinski definition) is 4. The Hall–Kier alpha value is -2.91. The molecule has 2 rings (SSSR count). The molecule has 0 bridgehead atoms. The minimum absolute atomic E-state index is 0.160. The van der Waals surface area contributed by atoms with E-state index in [0.29, 0.717) is 29.2 Å². The van der Waals surface area contributed by atoms with Gasteiger partial charge in [-0.15, -0.1) is 0 Å². The van der Waals surface area contributed by atoms with Gasteiger partial charge in [-0.25, -0.2) is 0 Å². The highest BCUT2D eigenvalue weighted by atomic mass is 32.1. The Bertz CT molecular complexity index is 830.